The molecule has 0 atom stereocenters. The molecule has 0 unspecified atom stereocenters. The average Bonchev–Trinajstić information content (AvgIpc) is 3.16. The Morgan fingerprint density at radius 3 is 2.59 bits per heavy atom. The molecular weight excluding hydrogens is 362 g/mol. The van der Waals surface area contributed by atoms with E-state index in [0.717, 1.165) is 29.9 Å². The topological polar surface area (TPSA) is 104 Å². The van der Waals surface area contributed by atoms with E-state index in [1.165, 1.54) is 22.0 Å². The zero-order valence-corrected chi connectivity index (χ0v) is 16.5. The molecule has 3 aromatic rings. The van der Waals surface area contributed by atoms with Gasteiger partial charge in [0.1, 0.15) is 0 Å². The summed E-state index contributed by atoms with van der Waals surface area (Å²) in [6, 6.07) is 9.83. The highest BCUT2D eigenvalue weighted by atomic mass is 32.2. The summed E-state index contributed by atoms with van der Waals surface area (Å²) in [4.78, 5) is 12.2. The van der Waals surface area contributed by atoms with Gasteiger partial charge < -0.3 is 11.2 Å². The highest BCUT2D eigenvalue weighted by Gasteiger charge is 2.16. The molecule has 0 spiro atoms. The van der Waals surface area contributed by atoms with E-state index in [9.17, 15) is 4.79 Å². The van der Waals surface area contributed by atoms with E-state index in [-0.39, 0.29) is 11.7 Å². The van der Waals surface area contributed by atoms with Gasteiger partial charge in [0.25, 0.3) is 5.95 Å². The maximum absolute atomic E-state index is 12.2. The van der Waals surface area contributed by atoms with Crippen molar-refractivity contribution in [1.29, 1.82) is 0 Å². The van der Waals surface area contributed by atoms with Crippen LogP contribution in [0.1, 0.15) is 30.3 Å². The van der Waals surface area contributed by atoms with Crippen LogP contribution in [0.25, 0.3) is 5.95 Å². The van der Waals surface area contributed by atoms with Crippen LogP contribution in [0.4, 0.5) is 5.69 Å². The van der Waals surface area contributed by atoms with E-state index in [1.54, 1.807) is 4.68 Å². The van der Waals surface area contributed by atoms with Crippen molar-refractivity contribution >= 4 is 23.4 Å². The molecule has 0 saturated carbocycles. The number of nitrogens with one attached hydrogen (secondary N) is 1. The van der Waals surface area contributed by atoms with Crippen LogP contribution in [0.2, 0.25) is 0 Å². The third-order valence-electron chi connectivity index (χ3n) is 3.95. The number of benzene rings is 1. The van der Waals surface area contributed by atoms with Gasteiger partial charge in [0.05, 0.1) is 11.4 Å². The molecular formula is C18H23N7OS. The number of aryl methyl sites for hydroxylation is 3. The fourth-order valence-corrected chi connectivity index (χ4v) is 3.37. The van der Waals surface area contributed by atoms with E-state index in [2.05, 4.69) is 27.5 Å². The first-order valence-corrected chi connectivity index (χ1v) is 9.72. The number of carbonyl (C=O) groups is 1. The second kappa shape index (κ2) is 8.26. The summed E-state index contributed by atoms with van der Waals surface area (Å²) in [5.74, 6) is 6.55. The Kier molecular flexibility index (Phi) is 5.80. The Morgan fingerprint density at radius 1 is 1.22 bits per heavy atom. The van der Waals surface area contributed by atoms with Gasteiger partial charge >= 0.3 is 0 Å². The average molecular weight is 385 g/mol. The normalized spacial score (nSPS) is 10.9. The van der Waals surface area contributed by atoms with Crippen LogP contribution in [0, 0.1) is 13.8 Å². The minimum absolute atomic E-state index is 0.126. The third-order valence-corrected chi connectivity index (χ3v) is 4.90. The van der Waals surface area contributed by atoms with Crippen molar-refractivity contribution in [3.05, 3.63) is 47.3 Å². The summed E-state index contributed by atoms with van der Waals surface area (Å²) >= 11 is 1.23. The second-order valence-corrected chi connectivity index (χ2v) is 7.22. The zero-order valence-electron chi connectivity index (χ0n) is 15.6. The monoisotopic (exact) mass is 385 g/mol. The lowest BCUT2D eigenvalue weighted by atomic mass is 10.1. The molecule has 8 nitrogen and oxygen atoms in total. The van der Waals surface area contributed by atoms with Crippen molar-refractivity contribution < 1.29 is 4.79 Å². The van der Waals surface area contributed by atoms with Gasteiger partial charge in [0.15, 0.2) is 0 Å². The molecule has 3 rings (SSSR count). The van der Waals surface area contributed by atoms with Crippen LogP contribution in [-0.2, 0) is 11.2 Å². The van der Waals surface area contributed by atoms with Gasteiger partial charge in [-0.3, -0.25) is 4.79 Å². The molecule has 0 aliphatic carbocycles. The highest BCUT2D eigenvalue weighted by Crippen LogP contribution is 2.18. The number of hydrogen-bond acceptors (Lipinski definition) is 6. The number of hydrogen-bond donors (Lipinski definition) is 2. The molecule has 0 aliphatic rings. The number of nitrogens with zero attached hydrogens (tertiary/aromatic N) is 5. The van der Waals surface area contributed by atoms with E-state index in [0.29, 0.717) is 11.1 Å². The van der Waals surface area contributed by atoms with Gasteiger partial charge in [-0.2, -0.15) is 5.10 Å². The standard InChI is InChI=1S/C18H23N7OS/c1-4-5-14-6-8-15(9-7-14)20-16(26)11-27-18-22-21-17(24(18)19)25-13(3)10-12(2)23-25/h6-10H,4-5,11,19H2,1-3H3,(H,20,26). The fraction of sp³-hybridized carbons (Fsp3) is 0.333. The van der Waals surface area contributed by atoms with Gasteiger partial charge in [0.2, 0.25) is 11.1 Å². The Hall–Kier alpha value is -2.81. The summed E-state index contributed by atoms with van der Waals surface area (Å²) in [6.07, 6.45) is 2.13. The zero-order chi connectivity index (χ0) is 19.4. The molecule has 3 N–H and O–H groups in total. The predicted molar refractivity (Wildman–Crippen MR) is 107 cm³/mol. The van der Waals surface area contributed by atoms with Crippen molar-refractivity contribution in [1.82, 2.24) is 24.7 Å². The van der Waals surface area contributed by atoms with Crippen LogP contribution in [-0.4, -0.2) is 36.3 Å². The molecule has 2 aromatic heterocycles. The number of nitrogen functional groups attached to an aromatic ring is 1. The lowest BCUT2D eigenvalue weighted by Gasteiger charge is -2.07. The number of nitrogens with two attached hydrogens (primary N) is 1. The molecule has 2 heterocycles. The SMILES string of the molecule is CCCc1ccc(NC(=O)CSc2nnc(-n3nc(C)cc3C)n2N)cc1. The van der Waals surface area contributed by atoms with Crippen LogP contribution in [0.5, 0.6) is 0 Å². The van der Waals surface area contributed by atoms with Gasteiger partial charge in [-0.15, -0.1) is 10.2 Å². The number of anilines is 1. The van der Waals surface area contributed by atoms with Crippen molar-refractivity contribution in [3.8, 4) is 5.95 Å². The molecule has 1 amide bonds. The highest BCUT2D eigenvalue weighted by molar-refractivity contribution is 7.99. The minimum atomic E-state index is -0.126. The molecule has 9 heteroatoms. The van der Waals surface area contributed by atoms with Gasteiger partial charge in [-0.25, -0.2) is 9.36 Å². The molecule has 0 aliphatic heterocycles. The number of rotatable bonds is 7. The first-order valence-electron chi connectivity index (χ1n) is 8.73. The summed E-state index contributed by atoms with van der Waals surface area (Å²) in [5.41, 5.74) is 3.82. The Labute approximate surface area is 162 Å². The number of amides is 1. The summed E-state index contributed by atoms with van der Waals surface area (Å²) in [6.45, 7) is 5.96. The molecule has 0 saturated heterocycles. The van der Waals surface area contributed by atoms with E-state index in [4.69, 9.17) is 5.84 Å². The lowest BCUT2D eigenvalue weighted by Crippen LogP contribution is -2.18. The van der Waals surface area contributed by atoms with E-state index in [1.807, 2.05) is 44.2 Å². The van der Waals surface area contributed by atoms with Gasteiger partial charge in [-0.05, 0) is 44.0 Å². The minimum Gasteiger partial charge on any atom is -0.334 e. The Bertz CT molecular complexity index is 930. The maximum atomic E-state index is 12.2. The Balaban J connectivity index is 1.60. The van der Waals surface area contributed by atoms with Crippen LogP contribution in [0.3, 0.4) is 0 Å². The predicted octanol–water partition coefficient (Wildman–Crippen LogP) is 2.48. The number of carbonyl (C=O) groups excluding carboxylic acids is 1. The Morgan fingerprint density at radius 2 is 1.96 bits per heavy atom. The number of thioether (sulfide) groups is 1. The largest absolute Gasteiger partial charge is 0.334 e. The fourth-order valence-electron chi connectivity index (χ4n) is 2.71. The smallest absolute Gasteiger partial charge is 0.271 e. The van der Waals surface area contributed by atoms with Crippen LogP contribution < -0.4 is 11.2 Å². The van der Waals surface area contributed by atoms with Crippen molar-refractivity contribution in [2.75, 3.05) is 16.9 Å². The van der Waals surface area contributed by atoms with Gasteiger partial charge in [0, 0.05) is 11.4 Å². The van der Waals surface area contributed by atoms with Crippen molar-refractivity contribution in [2.24, 2.45) is 0 Å². The molecule has 27 heavy (non-hydrogen) atoms. The molecule has 0 radical (unpaired) electrons. The lowest BCUT2D eigenvalue weighted by molar-refractivity contribution is -0.113. The summed E-state index contributed by atoms with van der Waals surface area (Å²) in [7, 11) is 0. The van der Waals surface area contributed by atoms with E-state index >= 15 is 0 Å². The molecule has 142 valence electrons. The molecule has 0 bridgehead atoms. The van der Waals surface area contributed by atoms with Crippen molar-refractivity contribution in [3.63, 3.8) is 0 Å². The maximum Gasteiger partial charge on any atom is 0.271 e. The van der Waals surface area contributed by atoms with Crippen LogP contribution in [0.15, 0.2) is 35.5 Å². The second-order valence-electron chi connectivity index (χ2n) is 6.28. The van der Waals surface area contributed by atoms with Gasteiger partial charge in [-0.1, -0.05) is 37.2 Å². The number of aromatic nitrogens is 5. The van der Waals surface area contributed by atoms with Crippen LogP contribution >= 0.6 is 11.8 Å². The molecule has 0 fully saturated rings. The third kappa shape index (κ3) is 4.48. The first-order chi connectivity index (χ1) is 13.0. The quantitative estimate of drug-likeness (QED) is 0.478. The summed E-state index contributed by atoms with van der Waals surface area (Å²) in [5, 5.41) is 15.8. The summed E-state index contributed by atoms with van der Waals surface area (Å²) < 4.78 is 2.97. The first kappa shape index (κ1) is 19.0. The van der Waals surface area contributed by atoms with E-state index < -0.39 is 0 Å². The van der Waals surface area contributed by atoms with Crippen molar-refractivity contribution in [2.45, 2.75) is 38.8 Å². The molecule has 1 aromatic carbocycles.